The van der Waals surface area contributed by atoms with Gasteiger partial charge in [0.25, 0.3) is 0 Å². The molecule has 0 bridgehead atoms. The molecular weight excluding hydrogens is 303 g/mol. The van der Waals surface area contributed by atoms with Crippen LogP contribution in [0.1, 0.15) is 17.7 Å². The van der Waals surface area contributed by atoms with E-state index in [1.54, 1.807) is 0 Å². The number of likely N-dealkylation sites (tertiary alicyclic amines) is 1. The molecule has 6 heteroatoms. The van der Waals surface area contributed by atoms with Gasteiger partial charge in [0, 0.05) is 36.8 Å². The number of aromatic nitrogens is 1. The molecule has 1 atom stereocenters. The van der Waals surface area contributed by atoms with Crippen LogP contribution in [0.2, 0.25) is 0 Å². The highest BCUT2D eigenvalue weighted by Crippen LogP contribution is 2.20. The Morgan fingerprint density at radius 2 is 2.09 bits per heavy atom. The number of fused-ring (bicyclic) bond motifs is 1. The number of rotatable bonds is 4. The van der Waals surface area contributed by atoms with Crippen molar-refractivity contribution >= 4 is 10.9 Å². The van der Waals surface area contributed by atoms with Crippen LogP contribution in [0.5, 0.6) is 0 Å². The number of pyridine rings is 1. The highest BCUT2D eigenvalue weighted by atomic mass is 19.4. The molecule has 1 N–H and O–H groups in total. The lowest BCUT2D eigenvalue weighted by Crippen LogP contribution is -2.36. The highest BCUT2D eigenvalue weighted by molar-refractivity contribution is 5.79. The van der Waals surface area contributed by atoms with Gasteiger partial charge in [-0.25, -0.2) is 0 Å². The fourth-order valence-electron chi connectivity index (χ4n) is 3.05. The maximum atomic E-state index is 12.4. The molecule has 1 aromatic heterocycles. The van der Waals surface area contributed by atoms with Crippen LogP contribution in [0, 0.1) is 6.92 Å². The third-order valence-corrected chi connectivity index (χ3v) is 4.16. The molecule has 1 fully saturated rings. The monoisotopic (exact) mass is 323 g/mol. The number of hydrogen-bond acceptors (Lipinski definition) is 3. The normalized spacial score (nSPS) is 19.6. The topological polar surface area (TPSA) is 28.2 Å². The van der Waals surface area contributed by atoms with Gasteiger partial charge < -0.3 is 5.32 Å². The van der Waals surface area contributed by atoms with Crippen molar-refractivity contribution in [1.29, 1.82) is 0 Å². The summed E-state index contributed by atoms with van der Waals surface area (Å²) in [6, 6.07) is 10.2. The first-order valence-electron chi connectivity index (χ1n) is 7.78. The van der Waals surface area contributed by atoms with E-state index in [1.165, 1.54) is 4.90 Å². The van der Waals surface area contributed by atoms with Crippen LogP contribution in [0.15, 0.2) is 30.3 Å². The van der Waals surface area contributed by atoms with Gasteiger partial charge in [-0.05, 0) is 37.1 Å². The second-order valence-corrected chi connectivity index (χ2v) is 6.20. The molecule has 2 aromatic rings. The van der Waals surface area contributed by atoms with E-state index in [0.717, 1.165) is 28.6 Å². The van der Waals surface area contributed by atoms with Crippen LogP contribution in [0.25, 0.3) is 10.9 Å². The Hall–Kier alpha value is -1.66. The summed E-state index contributed by atoms with van der Waals surface area (Å²) < 4.78 is 37.2. The van der Waals surface area contributed by atoms with Crippen molar-refractivity contribution in [2.45, 2.75) is 32.1 Å². The number of aryl methyl sites for hydroxylation is 1. The summed E-state index contributed by atoms with van der Waals surface area (Å²) in [5.74, 6) is 0. The van der Waals surface area contributed by atoms with E-state index in [2.05, 4.69) is 16.4 Å². The lowest BCUT2D eigenvalue weighted by atomic mass is 10.1. The third-order valence-electron chi connectivity index (χ3n) is 4.16. The maximum Gasteiger partial charge on any atom is 0.401 e. The molecule has 23 heavy (non-hydrogen) atoms. The molecule has 3 rings (SSSR count). The molecule has 1 aliphatic rings. The second-order valence-electron chi connectivity index (χ2n) is 6.20. The lowest BCUT2D eigenvalue weighted by Gasteiger charge is -2.18. The Bertz CT molecular complexity index is 684. The van der Waals surface area contributed by atoms with Crippen LogP contribution in [0.4, 0.5) is 13.2 Å². The van der Waals surface area contributed by atoms with Crippen LogP contribution >= 0.6 is 0 Å². The average Bonchev–Trinajstić information content (AvgIpc) is 2.90. The van der Waals surface area contributed by atoms with Crippen LogP contribution in [-0.4, -0.2) is 41.7 Å². The number of halogens is 3. The van der Waals surface area contributed by atoms with Crippen molar-refractivity contribution < 1.29 is 13.2 Å². The number of alkyl halides is 3. The summed E-state index contributed by atoms with van der Waals surface area (Å²) in [4.78, 5) is 5.93. The van der Waals surface area contributed by atoms with Gasteiger partial charge in [0.1, 0.15) is 0 Å². The summed E-state index contributed by atoms with van der Waals surface area (Å²) in [5, 5.41) is 4.44. The van der Waals surface area contributed by atoms with Crippen molar-refractivity contribution in [3.05, 3.63) is 41.6 Å². The molecule has 0 aliphatic carbocycles. The van der Waals surface area contributed by atoms with Crippen LogP contribution < -0.4 is 5.32 Å². The minimum atomic E-state index is -4.11. The standard InChI is InChI=1S/C17H20F3N3/c1-12-2-4-14-8-13(3-5-16(14)22-12)9-21-15-6-7-23(10-15)11-17(18,19)20/h2-5,8,15,21H,6-7,9-11H2,1H3. The average molecular weight is 323 g/mol. The maximum absolute atomic E-state index is 12.4. The van der Waals surface area contributed by atoms with Crippen LogP contribution in [0.3, 0.4) is 0 Å². The molecule has 2 heterocycles. The number of hydrogen-bond donors (Lipinski definition) is 1. The molecule has 124 valence electrons. The SMILES string of the molecule is Cc1ccc2cc(CNC3CCN(CC(F)(F)F)C3)ccc2n1. The zero-order chi connectivity index (χ0) is 16.4. The molecule has 3 nitrogen and oxygen atoms in total. The summed E-state index contributed by atoms with van der Waals surface area (Å²) >= 11 is 0. The zero-order valence-corrected chi connectivity index (χ0v) is 13.0. The Balaban J connectivity index is 1.56. The van der Waals surface area contributed by atoms with Crippen LogP contribution in [-0.2, 0) is 6.54 Å². The summed E-state index contributed by atoms with van der Waals surface area (Å²) in [7, 11) is 0. The Morgan fingerprint density at radius 1 is 1.26 bits per heavy atom. The Kier molecular flexibility index (Phi) is 4.55. The van der Waals surface area contributed by atoms with Gasteiger partial charge in [-0.2, -0.15) is 13.2 Å². The molecule has 1 aromatic carbocycles. The van der Waals surface area contributed by atoms with Crippen molar-refractivity contribution in [2.24, 2.45) is 0 Å². The predicted molar refractivity (Wildman–Crippen MR) is 84.2 cm³/mol. The van der Waals surface area contributed by atoms with E-state index >= 15 is 0 Å². The quantitative estimate of drug-likeness (QED) is 0.936. The van der Waals surface area contributed by atoms with Crippen molar-refractivity contribution in [1.82, 2.24) is 15.2 Å². The predicted octanol–water partition coefficient (Wildman–Crippen LogP) is 3.27. The van der Waals surface area contributed by atoms with E-state index < -0.39 is 12.7 Å². The molecule has 0 amide bonds. The third kappa shape index (κ3) is 4.42. The van der Waals surface area contributed by atoms with Gasteiger partial charge in [0.2, 0.25) is 0 Å². The molecule has 1 aliphatic heterocycles. The highest BCUT2D eigenvalue weighted by Gasteiger charge is 2.34. The molecular formula is C17H20F3N3. The fraction of sp³-hybridized carbons (Fsp3) is 0.471. The van der Waals surface area contributed by atoms with Gasteiger partial charge in [-0.1, -0.05) is 12.1 Å². The molecule has 1 unspecified atom stereocenters. The molecule has 1 saturated heterocycles. The van der Waals surface area contributed by atoms with Crippen molar-refractivity contribution in [2.75, 3.05) is 19.6 Å². The largest absolute Gasteiger partial charge is 0.401 e. The van der Waals surface area contributed by atoms with Gasteiger partial charge >= 0.3 is 6.18 Å². The first-order valence-corrected chi connectivity index (χ1v) is 7.78. The van der Waals surface area contributed by atoms with Gasteiger partial charge in [-0.15, -0.1) is 0 Å². The minimum Gasteiger partial charge on any atom is -0.309 e. The Morgan fingerprint density at radius 3 is 2.87 bits per heavy atom. The van der Waals surface area contributed by atoms with E-state index in [4.69, 9.17) is 0 Å². The van der Waals surface area contributed by atoms with E-state index in [0.29, 0.717) is 19.6 Å². The minimum absolute atomic E-state index is 0.115. The first-order chi connectivity index (χ1) is 10.9. The number of nitrogens with zero attached hydrogens (tertiary/aromatic N) is 2. The molecule has 0 saturated carbocycles. The summed E-state index contributed by atoms with van der Waals surface area (Å²) in [6.07, 6.45) is -3.36. The lowest BCUT2D eigenvalue weighted by molar-refractivity contribution is -0.143. The fourth-order valence-corrected chi connectivity index (χ4v) is 3.05. The smallest absolute Gasteiger partial charge is 0.309 e. The molecule has 0 spiro atoms. The second kappa shape index (κ2) is 6.45. The van der Waals surface area contributed by atoms with Crippen molar-refractivity contribution in [3.8, 4) is 0 Å². The summed E-state index contributed by atoms with van der Waals surface area (Å²) in [6.45, 7) is 2.76. The zero-order valence-electron chi connectivity index (χ0n) is 13.0. The van der Waals surface area contributed by atoms with Gasteiger partial charge in [0.15, 0.2) is 0 Å². The summed E-state index contributed by atoms with van der Waals surface area (Å²) in [5.41, 5.74) is 3.07. The number of nitrogens with one attached hydrogen (secondary N) is 1. The Labute approximate surface area is 133 Å². The van der Waals surface area contributed by atoms with Gasteiger partial charge in [-0.3, -0.25) is 9.88 Å². The van der Waals surface area contributed by atoms with E-state index in [-0.39, 0.29) is 6.04 Å². The molecule has 0 radical (unpaired) electrons. The van der Waals surface area contributed by atoms with E-state index in [9.17, 15) is 13.2 Å². The van der Waals surface area contributed by atoms with E-state index in [1.807, 2.05) is 31.2 Å². The van der Waals surface area contributed by atoms with Gasteiger partial charge in [0.05, 0.1) is 12.1 Å². The van der Waals surface area contributed by atoms with Crippen molar-refractivity contribution in [3.63, 3.8) is 0 Å². The first kappa shape index (κ1) is 16.2. The number of benzene rings is 1.